The predicted molar refractivity (Wildman–Crippen MR) is 62.7 cm³/mol. The molecule has 1 aromatic carbocycles. The summed E-state index contributed by atoms with van der Waals surface area (Å²) in [5.41, 5.74) is 0.459. The Kier molecular flexibility index (Phi) is 4.87. The SMILES string of the molecule is CC(C)NC(=O)CCNc1ccc(F)c(F)c1. The zero-order valence-corrected chi connectivity index (χ0v) is 9.89. The van der Waals surface area contributed by atoms with E-state index in [0.29, 0.717) is 12.2 Å². The molecule has 1 amide bonds. The molecule has 0 atom stereocenters. The fourth-order valence-electron chi connectivity index (χ4n) is 1.32. The Morgan fingerprint density at radius 3 is 2.59 bits per heavy atom. The van der Waals surface area contributed by atoms with Gasteiger partial charge in [0.1, 0.15) is 0 Å². The molecule has 0 radical (unpaired) electrons. The van der Waals surface area contributed by atoms with Crippen LogP contribution in [0.25, 0.3) is 0 Å². The minimum Gasteiger partial charge on any atom is -0.384 e. The molecule has 2 N–H and O–H groups in total. The van der Waals surface area contributed by atoms with Crippen LogP contribution in [0, 0.1) is 11.6 Å². The summed E-state index contributed by atoms with van der Waals surface area (Å²) in [6.07, 6.45) is 0.289. The number of halogens is 2. The average Bonchev–Trinajstić information content (AvgIpc) is 2.22. The Morgan fingerprint density at radius 1 is 1.29 bits per heavy atom. The van der Waals surface area contributed by atoms with Gasteiger partial charge in [0.2, 0.25) is 5.91 Å². The molecule has 0 aromatic heterocycles. The number of hydrogen-bond acceptors (Lipinski definition) is 2. The van der Waals surface area contributed by atoms with E-state index in [4.69, 9.17) is 0 Å². The molecule has 94 valence electrons. The molecule has 0 fully saturated rings. The fourth-order valence-corrected chi connectivity index (χ4v) is 1.32. The second kappa shape index (κ2) is 6.18. The molecule has 0 unspecified atom stereocenters. The van der Waals surface area contributed by atoms with Gasteiger partial charge in [-0.3, -0.25) is 4.79 Å². The standard InChI is InChI=1S/C12H16F2N2O/c1-8(2)16-12(17)5-6-15-9-3-4-10(13)11(14)7-9/h3-4,7-8,15H,5-6H2,1-2H3,(H,16,17). The minimum atomic E-state index is -0.901. The first kappa shape index (κ1) is 13.4. The van der Waals surface area contributed by atoms with E-state index in [1.165, 1.54) is 6.07 Å². The molecule has 0 bridgehead atoms. The second-order valence-corrected chi connectivity index (χ2v) is 4.03. The highest BCUT2D eigenvalue weighted by Gasteiger charge is 2.04. The number of anilines is 1. The molecule has 1 rings (SSSR count). The molecule has 0 heterocycles. The van der Waals surface area contributed by atoms with E-state index in [9.17, 15) is 13.6 Å². The summed E-state index contributed by atoms with van der Waals surface area (Å²) in [7, 11) is 0. The van der Waals surface area contributed by atoms with E-state index in [0.717, 1.165) is 12.1 Å². The first-order valence-electron chi connectivity index (χ1n) is 5.47. The van der Waals surface area contributed by atoms with E-state index in [1.807, 2.05) is 13.8 Å². The summed E-state index contributed by atoms with van der Waals surface area (Å²) in [6, 6.07) is 3.64. The maximum atomic E-state index is 12.8. The number of carbonyl (C=O) groups excluding carboxylic acids is 1. The lowest BCUT2D eigenvalue weighted by molar-refractivity contribution is -0.121. The lowest BCUT2D eigenvalue weighted by Crippen LogP contribution is -2.31. The summed E-state index contributed by atoms with van der Waals surface area (Å²) in [6.45, 7) is 4.13. The van der Waals surface area contributed by atoms with Gasteiger partial charge in [0, 0.05) is 24.7 Å². The summed E-state index contributed by atoms with van der Waals surface area (Å²) >= 11 is 0. The maximum absolute atomic E-state index is 12.8. The van der Waals surface area contributed by atoms with Crippen LogP contribution < -0.4 is 10.6 Å². The number of hydrogen-bond donors (Lipinski definition) is 2. The lowest BCUT2D eigenvalue weighted by Gasteiger charge is -2.09. The van der Waals surface area contributed by atoms with Crippen LogP contribution in [0.4, 0.5) is 14.5 Å². The zero-order valence-electron chi connectivity index (χ0n) is 9.89. The average molecular weight is 242 g/mol. The number of benzene rings is 1. The van der Waals surface area contributed by atoms with Crippen LogP contribution in [0.2, 0.25) is 0 Å². The number of carbonyl (C=O) groups is 1. The normalized spacial score (nSPS) is 10.4. The van der Waals surface area contributed by atoms with Crippen LogP contribution in [0.3, 0.4) is 0 Å². The molecule has 0 saturated carbocycles. The molecule has 1 aromatic rings. The number of nitrogens with one attached hydrogen (secondary N) is 2. The third-order valence-electron chi connectivity index (χ3n) is 2.05. The molecule has 0 aliphatic heterocycles. The predicted octanol–water partition coefficient (Wildman–Crippen LogP) is 2.29. The van der Waals surface area contributed by atoms with Crippen molar-refractivity contribution in [1.29, 1.82) is 0 Å². The summed E-state index contributed by atoms with van der Waals surface area (Å²) in [5.74, 6) is -1.86. The van der Waals surface area contributed by atoms with E-state index < -0.39 is 11.6 Å². The summed E-state index contributed by atoms with van der Waals surface area (Å²) < 4.78 is 25.5. The monoisotopic (exact) mass is 242 g/mol. The Hall–Kier alpha value is -1.65. The van der Waals surface area contributed by atoms with Crippen molar-refractivity contribution in [3.8, 4) is 0 Å². The van der Waals surface area contributed by atoms with Crippen LogP contribution in [0.1, 0.15) is 20.3 Å². The Morgan fingerprint density at radius 2 is 2.00 bits per heavy atom. The molecular formula is C12H16F2N2O. The van der Waals surface area contributed by atoms with Crippen molar-refractivity contribution in [2.75, 3.05) is 11.9 Å². The van der Waals surface area contributed by atoms with Gasteiger partial charge in [-0.05, 0) is 32.0 Å². The first-order valence-corrected chi connectivity index (χ1v) is 5.47. The van der Waals surface area contributed by atoms with Crippen LogP contribution in [0.5, 0.6) is 0 Å². The Bertz CT molecular complexity index is 394. The van der Waals surface area contributed by atoms with E-state index >= 15 is 0 Å². The molecule has 0 spiro atoms. The highest BCUT2D eigenvalue weighted by atomic mass is 19.2. The molecule has 17 heavy (non-hydrogen) atoms. The number of rotatable bonds is 5. The topological polar surface area (TPSA) is 41.1 Å². The molecule has 5 heteroatoms. The third-order valence-corrected chi connectivity index (χ3v) is 2.05. The quantitative estimate of drug-likeness (QED) is 0.831. The van der Waals surface area contributed by atoms with Gasteiger partial charge in [-0.1, -0.05) is 0 Å². The van der Waals surface area contributed by atoms with Crippen molar-refractivity contribution in [2.45, 2.75) is 26.3 Å². The largest absolute Gasteiger partial charge is 0.384 e. The molecular weight excluding hydrogens is 226 g/mol. The first-order chi connectivity index (χ1) is 7.99. The van der Waals surface area contributed by atoms with E-state index in [1.54, 1.807) is 0 Å². The van der Waals surface area contributed by atoms with Gasteiger partial charge in [0.15, 0.2) is 11.6 Å². The maximum Gasteiger partial charge on any atom is 0.221 e. The van der Waals surface area contributed by atoms with Crippen molar-refractivity contribution >= 4 is 11.6 Å². The van der Waals surface area contributed by atoms with Crippen molar-refractivity contribution in [3.05, 3.63) is 29.8 Å². The Labute approximate surface area is 99.2 Å². The van der Waals surface area contributed by atoms with Crippen molar-refractivity contribution in [2.24, 2.45) is 0 Å². The van der Waals surface area contributed by atoms with Crippen LogP contribution >= 0.6 is 0 Å². The highest BCUT2D eigenvalue weighted by molar-refractivity contribution is 5.76. The van der Waals surface area contributed by atoms with Gasteiger partial charge >= 0.3 is 0 Å². The van der Waals surface area contributed by atoms with Crippen LogP contribution in [-0.4, -0.2) is 18.5 Å². The van der Waals surface area contributed by atoms with Gasteiger partial charge in [0.05, 0.1) is 0 Å². The fraction of sp³-hybridized carbons (Fsp3) is 0.417. The zero-order chi connectivity index (χ0) is 12.8. The second-order valence-electron chi connectivity index (χ2n) is 4.03. The Balaban J connectivity index is 2.36. The molecule has 0 saturated heterocycles. The molecule has 0 aliphatic carbocycles. The summed E-state index contributed by atoms with van der Waals surface area (Å²) in [5, 5.41) is 5.59. The van der Waals surface area contributed by atoms with Gasteiger partial charge in [-0.2, -0.15) is 0 Å². The van der Waals surface area contributed by atoms with Crippen molar-refractivity contribution < 1.29 is 13.6 Å². The van der Waals surface area contributed by atoms with Crippen LogP contribution in [-0.2, 0) is 4.79 Å². The van der Waals surface area contributed by atoms with Crippen LogP contribution in [0.15, 0.2) is 18.2 Å². The minimum absolute atomic E-state index is 0.0740. The van der Waals surface area contributed by atoms with Gasteiger partial charge in [-0.25, -0.2) is 8.78 Å². The lowest BCUT2D eigenvalue weighted by atomic mass is 10.3. The smallest absolute Gasteiger partial charge is 0.221 e. The van der Waals surface area contributed by atoms with Gasteiger partial charge < -0.3 is 10.6 Å². The van der Waals surface area contributed by atoms with Crippen molar-refractivity contribution in [1.82, 2.24) is 5.32 Å². The summed E-state index contributed by atoms with van der Waals surface area (Å²) in [4.78, 5) is 11.3. The van der Waals surface area contributed by atoms with Gasteiger partial charge in [0.25, 0.3) is 0 Å². The number of amides is 1. The van der Waals surface area contributed by atoms with Gasteiger partial charge in [-0.15, -0.1) is 0 Å². The molecule has 0 aliphatic rings. The molecule has 3 nitrogen and oxygen atoms in total. The third kappa shape index (κ3) is 4.80. The highest BCUT2D eigenvalue weighted by Crippen LogP contribution is 2.12. The van der Waals surface area contributed by atoms with E-state index in [-0.39, 0.29) is 18.4 Å². The van der Waals surface area contributed by atoms with Crippen molar-refractivity contribution in [3.63, 3.8) is 0 Å². The van der Waals surface area contributed by atoms with E-state index in [2.05, 4.69) is 10.6 Å².